The van der Waals surface area contributed by atoms with Gasteiger partial charge in [0.05, 0.1) is 0 Å². The molecule has 0 aliphatic rings. The molecule has 0 radical (unpaired) electrons. The summed E-state index contributed by atoms with van der Waals surface area (Å²) in [5, 5.41) is 0. The van der Waals surface area contributed by atoms with Crippen molar-refractivity contribution in [2.24, 2.45) is 0 Å². The van der Waals surface area contributed by atoms with Gasteiger partial charge in [0.15, 0.2) is 6.10 Å². The number of ether oxygens (including phenoxy) is 3. The number of carbonyl (C=O) groups is 3. The lowest BCUT2D eigenvalue weighted by molar-refractivity contribution is -0.167. The van der Waals surface area contributed by atoms with Crippen molar-refractivity contribution >= 4 is 17.9 Å². The van der Waals surface area contributed by atoms with Crippen LogP contribution in [-0.2, 0) is 28.6 Å². The van der Waals surface area contributed by atoms with Gasteiger partial charge in [-0.15, -0.1) is 0 Å². The standard InChI is InChI=1S/C61H96O6/c1-4-7-10-13-16-19-22-25-28-30-33-36-39-42-45-48-51-54-60(63)66-57-58(56-65-59(62)53-50-47-44-41-38-35-32-27-24-21-18-15-12-9-6-3)67-61(64)55-52-49-46-43-40-37-34-31-29-26-23-20-17-14-11-8-5-2/h9,12,17-18,20-21,25-29,32-34,36-38,41-43,45-46,58H,4-8,10-11,13-16,19,22-24,30-31,35,39-40,44,47-57H2,1-3H3/b12-9-,20-17-,21-18-,28-25-,29-26-,32-27-,36-33-,37-34-,41-38-,45-42-,46-43-/t58-/m1/s1. The van der Waals surface area contributed by atoms with Gasteiger partial charge in [-0.25, -0.2) is 0 Å². The topological polar surface area (TPSA) is 78.9 Å². The van der Waals surface area contributed by atoms with Gasteiger partial charge in [0.25, 0.3) is 0 Å². The van der Waals surface area contributed by atoms with Crippen LogP contribution in [0.2, 0.25) is 0 Å². The molecule has 0 spiro atoms. The molecule has 67 heavy (non-hydrogen) atoms. The number of rotatable bonds is 46. The molecule has 0 bridgehead atoms. The van der Waals surface area contributed by atoms with Crippen LogP contribution in [0.3, 0.4) is 0 Å². The fourth-order valence-electron chi connectivity index (χ4n) is 6.62. The predicted molar refractivity (Wildman–Crippen MR) is 288 cm³/mol. The number of esters is 3. The van der Waals surface area contributed by atoms with E-state index < -0.39 is 12.1 Å². The van der Waals surface area contributed by atoms with Crippen molar-refractivity contribution in [1.29, 1.82) is 0 Å². The molecule has 0 heterocycles. The first-order valence-corrected chi connectivity index (χ1v) is 26.7. The molecule has 0 rings (SSSR count). The molecular formula is C61H96O6. The normalized spacial score (nSPS) is 13.2. The fraction of sp³-hybridized carbons (Fsp3) is 0.590. The third-order valence-corrected chi connectivity index (χ3v) is 10.6. The molecule has 0 saturated carbocycles. The average molecular weight is 925 g/mol. The molecule has 0 fully saturated rings. The maximum atomic E-state index is 12.8. The van der Waals surface area contributed by atoms with Crippen LogP contribution in [0.4, 0.5) is 0 Å². The van der Waals surface area contributed by atoms with Gasteiger partial charge in [-0.1, -0.05) is 199 Å². The Balaban J connectivity index is 4.64. The predicted octanol–water partition coefficient (Wildman–Crippen LogP) is 17.9. The molecule has 0 aromatic heterocycles. The van der Waals surface area contributed by atoms with Crippen LogP contribution in [0.5, 0.6) is 0 Å². The van der Waals surface area contributed by atoms with Crippen molar-refractivity contribution in [3.05, 3.63) is 134 Å². The van der Waals surface area contributed by atoms with E-state index in [2.05, 4.69) is 154 Å². The molecule has 0 saturated heterocycles. The van der Waals surface area contributed by atoms with E-state index in [1.807, 2.05) is 0 Å². The van der Waals surface area contributed by atoms with Crippen molar-refractivity contribution in [2.75, 3.05) is 13.2 Å². The van der Waals surface area contributed by atoms with Gasteiger partial charge in [-0.3, -0.25) is 14.4 Å². The number of hydrogen-bond donors (Lipinski definition) is 0. The number of unbranched alkanes of at least 4 members (excludes halogenated alkanes) is 13. The number of carbonyl (C=O) groups excluding carboxylic acids is 3. The van der Waals surface area contributed by atoms with Gasteiger partial charge in [0, 0.05) is 19.3 Å². The van der Waals surface area contributed by atoms with Crippen molar-refractivity contribution in [3.8, 4) is 0 Å². The fourth-order valence-corrected chi connectivity index (χ4v) is 6.62. The molecule has 0 aromatic carbocycles. The van der Waals surface area contributed by atoms with Crippen molar-refractivity contribution in [1.82, 2.24) is 0 Å². The van der Waals surface area contributed by atoms with Gasteiger partial charge in [-0.05, 0) is 128 Å². The zero-order chi connectivity index (χ0) is 48.6. The molecule has 0 amide bonds. The van der Waals surface area contributed by atoms with E-state index in [9.17, 15) is 14.4 Å². The molecular weight excluding hydrogens is 829 g/mol. The molecule has 1 atom stereocenters. The van der Waals surface area contributed by atoms with Crippen molar-refractivity contribution < 1.29 is 28.6 Å². The van der Waals surface area contributed by atoms with E-state index in [0.717, 1.165) is 83.5 Å². The molecule has 0 unspecified atom stereocenters. The van der Waals surface area contributed by atoms with E-state index in [0.29, 0.717) is 19.3 Å². The second-order valence-electron chi connectivity index (χ2n) is 17.0. The largest absolute Gasteiger partial charge is 0.462 e. The van der Waals surface area contributed by atoms with E-state index >= 15 is 0 Å². The molecule has 0 aliphatic carbocycles. The Kier molecular flexibility index (Phi) is 50.6. The van der Waals surface area contributed by atoms with Gasteiger partial charge in [0.2, 0.25) is 0 Å². The van der Waals surface area contributed by atoms with E-state index in [1.54, 1.807) is 0 Å². The van der Waals surface area contributed by atoms with E-state index in [-0.39, 0.29) is 44.4 Å². The third-order valence-electron chi connectivity index (χ3n) is 10.6. The summed E-state index contributed by atoms with van der Waals surface area (Å²) < 4.78 is 16.7. The highest BCUT2D eigenvalue weighted by Crippen LogP contribution is 2.10. The summed E-state index contributed by atoms with van der Waals surface area (Å²) in [5.74, 6) is -1.10. The average Bonchev–Trinajstić information content (AvgIpc) is 3.33. The summed E-state index contributed by atoms with van der Waals surface area (Å²) in [6.07, 6.45) is 75.9. The minimum atomic E-state index is -0.849. The Labute approximate surface area is 411 Å². The highest BCUT2D eigenvalue weighted by molar-refractivity contribution is 5.71. The van der Waals surface area contributed by atoms with Crippen LogP contribution in [-0.4, -0.2) is 37.2 Å². The Morgan fingerprint density at radius 3 is 1.00 bits per heavy atom. The minimum Gasteiger partial charge on any atom is -0.462 e. The number of hydrogen-bond acceptors (Lipinski definition) is 6. The Morgan fingerprint density at radius 2 is 0.597 bits per heavy atom. The van der Waals surface area contributed by atoms with Crippen LogP contribution in [0.15, 0.2) is 134 Å². The van der Waals surface area contributed by atoms with Gasteiger partial charge >= 0.3 is 17.9 Å². The smallest absolute Gasteiger partial charge is 0.306 e. The second-order valence-corrected chi connectivity index (χ2v) is 17.0. The van der Waals surface area contributed by atoms with Crippen LogP contribution in [0.25, 0.3) is 0 Å². The Bertz CT molecular complexity index is 1480. The van der Waals surface area contributed by atoms with Crippen molar-refractivity contribution in [3.63, 3.8) is 0 Å². The van der Waals surface area contributed by atoms with Gasteiger partial charge < -0.3 is 14.2 Å². The maximum absolute atomic E-state index is 12.8. The highest BCUT2D eigenvalue weighted by atomic mass is 16.6. The van der Waals surface area contributed by atoms with Gasteiger partial charge in [-0.2, -0.15) is 0 Å². The molecule has 0 aromatic rings. The first kappa shape index (κ1) is 62.5. The maximum Gasteiger partial charge on any atom is 0.306 e. The van der Waals surface area contributed by atoms with E-state index in [1.165, 1.54) is 70.6 Å². The monoisotopic (exact) mass is 925 g/mol. The molecule has 0 aliphatic heterocycles. The molecule has 0 N–H and O–H groups in total. The zero-order valence-corrected chi connectivity index (χ0v) is 42.9. The highest BCUT2D eigenvalue weighted by Gasteiger charge is 2.19. The Morgan fingerprint density at radius 1 is 0.313 bits per heavy atom. The summed E-state index contributed by atoms with van der Waals surface area (Å²) in [6, 6.07) is 0. The second kappa shape index (κ2) is 54.2. The lowest BCUT2D eigenvalue weighted by Crippen LogP contribution is -2.30. The summed E-state index contributed by atoms with van der Waals surface area (Å²) in [7, 11) is 0. The minimum absolute atomic E-state index is 0.142. The van der Waals surface area contributed by atoms with Crippen LogP contribution in [0.1, 0.15) is 213 Å². The third kappa shape index (κ3) is 52.4. The molecule has 6 nitrogen and oxygen atoms in total. The Hall–Kier alpha value is -4.45. The van der Waals surface area contributed by atoms with E-state index in [4.69, 9.17) is 14.2 Å². The first-order chi connectivity index (χ1) is 33.0. The quantitative estimate of drug-likeness (QED) is 0.0262. The summed E-state index contributed by atoms with van der Waals surface area (Å²) in [6.45, 7) is 6.34. The van der Waals surface area contributed by atoms with Crippen LogP contribution >= 0.6 is 0 Å². The summed E-state index contributed by atoms with van der Waals surface area (Å²) >= 11 is 0. The lowest BCUT2D eigenvalue weighted by atomic mass is 10.1. The first-order valence-electron chi connectivity index (χ1n) is 26.7. The van der Waals surface area contributed by atoms with Crippen LogP contribution in [0, 0.1) is 0 Å². The number of allylic oxidation sites excluding steroid dienone is 22. The zero-order valence-electron chi connectivity index (χ0n) is 42.9. The summed E-state index contributed by atoms with van der Waals surface area (Å²) in [4.78, 5) is 38.0. The van der Waals surface area contributed by atoms with Gasteiger partial charge in [0.1, 0.15) is 13.2 Å². The lowest BCUT2D eigenvalue weighted by Gasteiger charge is -2.18. The van der Waals surface area contributed by atoms with Crippen LogP contribution < -0.4 is 0 Å². The van der Waals surface area contributed by atoms with Crippen molar-refractivity contribution in [2.45, 2.75) is 219 Å². The summed E-state index contributed by atoms with van der Waals surface area (Å²) in [5.41, 5.74) is 0. The molecule has 376 valence electrons. The molecule has 6 heteroatoms. The SMILES string of the molecule is CC/C=C\C/C=C\C/C=C\C/C=C\CCCCC(=O)OC[C@H](COC(=O)CCC/C=C\C/C=C\C/C=C\CCCCCCCC)OC(=O)CCC/C=C\C/C=C\C/C=C\C/C=C\CCCCC.